The fourth-order valence-corrected chi connectivity index (χ4v) is 3.74. The second-order valence-electron chi connectivity index (χ2n) is 6.13. The minimum atomic E-state index is -0.592. The summed E-state index contributed by atoms with van der Waals surface area (Å²) in [6.45, 7) is 5.98. The van der Waals surface area contributed by atoms with E-state index in [0.717, 1.165) is 64.2 Å². The first-order chi connectivity index (χ1) is 9.19. The third kappa shape index (κ3) is 3.29. The zero-order valence-electron chi connectivity index (χ0n) is 12.2. The lowest BCUT2D eigenvalue weighted by Gasteiger charge is -2.39. The molecule has 1 heterocycles. The predicted molar refractivity (Wildman–Crippen MR) is 76.3 cm³/mol. The number of nitrogens with zero attached hydrogens (tertiary/aromatic N) is 1. The van der Waals surface area contributed by atoms with Gasteiger partial charge in [-0.15, -0.1) is 0 Å². The van der Waals surface area contributed by atoms with Crippen LogP contribution in [0.2, 0.25) is 0 Å². The zero-order valence-corrected chi connectivity index (χ0v) is 12.2. The Labute approximate surface area is 116 Å². The molecule has 0 amide bonds. The van der Waals surface area contributed by atoms with Gasteiger partial charge in [0.1, 0.15) is 5.54 Å². The van der Waals surface area contributed by atoms with Gasteiger partial charge in [0.25, 0.3) is 0 Å². The predicted octanol–water partition coefficient (Wildman–Crippen LogP) is 2.10. The van der Waals surface area contributed by atoms with Crippen molar-refractivity contribution in [1.82, 2.24) is 10.2 Å². The molecule has 0 spiro atoms. The molecule has 2 aliphatic rings. The highest BCUT2D eigenvalue weighted by Gasteiger charge is 2.44. The van der Waals surface area contributed by atoms with Crippen LogP contribution in [0.1, 0.15) is 51.9 Å². The van der Waals surface area contributed by atoms with Gasteiger partial charge in [-0.25, -0.2) is 0 Å². The van der Waals surface area contributed by atoms with Crippen molar-refractivity contribution in [2.75, 3.05) is 26.2 Å². The van der Waals surface area contributed by atoms with Crippen LogP contribution >= 0.6 is 0 Å². The molecule has 0 aromatic heterocycles. The lowest BCUT2D eigenvalue weighted by atomic mass is 9.87. The highest BCUT2D eigenvalue weighted by atomic mass is 16.4. The molecular formula is C15H28N2O2. The number of hydrogen-bond donors (Lipinski definition) is 2. The van der Waals surface area contributed by atoms with Gasteiger partial charge >= 0.3 is 5.97 Å². The second-order valence-corrected chi connectivity index (χ2v) is 6.13. The summed E-state index contributed by atoms with van der Waals surface area (Å²) in [5.41, 5.74) is -0.587. The fourth-order valence-electron chi connectivity index (χ4n) is 3.74. The molecule has 1 saturated carbocycles. The maximum atomic E-state index is 12.0. The molecule has 0 bridgehead atoms. The van der Waals surface area contributed by atoms with Gasteiger partial charge in [-0.1, -0.05) is 26.2 Å². The van der Waals surface area contributed by atoms with E-state index in [9.17, 15) is 9.90 Å². The van der Waals surface area contributed by atoms with Gasteiger partial charge in [-0.3, -0.25) is 9.69 Å². The van der Waals surface area contributed by atoms with Crippen molar-refractivity contribution >= 4 is 5.97 Å². The van der Waals surface area contributed by atoms with E-state index in [4.69, 9.17) is 0 Å². The van der Waals surface area contributed by atoms with Gasteiger partial charge in [0.2, 0.25) is 0 Å². The number of aliphatic carboxylic acids is 1. The van der Waals surface area contributed by atoms with Crippen LogP contribution in [0.4, 0.5) is 0 Å². The van der Waals surface area contributed by atoms with Gasteiger partial charge in [0.15, 0.2) is 0 Å². The van der Waals surface area contributed by atoms with Crippen LogP contribution in [-0.4, -0.2) is 47.7 Å². The molecule has 1 saturated heterocycles. The van der Waals surface area contributed by atoms with E-state index in [1.165, 1.54) is 12.8 Å². The van der Waals surface area contributed by atoms with Crippen LogP contribution in [0.15, 0.2) is 0 Å². The number of carboxylic acid groups (broad SMARTS) is 1. The van der Waals surface area contributed by atoms with E-state index >= 15 is 0 Å². The first-order valence-electron chi connectivity index (χ1n) is 7.88. The lowest BCUT2D eigenvalue weighted by molar-refractivity contribution is -0.153. The number of rotatable bonds is 3. The Kier molecular flexibility index (Phi) is 5.22. The summed E-state index contributed by atoms with van der Waals surface area (Å²) in [5, 5.41) is 13.2. The average Bonchev–Trinajstić information content (AvgIpc) is 2.79. The molecule has 4 heteroatoms. The molecule has 0 aromatic rings. The molecule has 0 radical (unpaired) electrons. The molecule has 1 aliphatic heterocycles. The minimum absolute atomic E-state index is 0.587. The van der Waals surface area contributed by atoms with Crippen LogP contribution in [0.25, 0.3) is 0 Å². The van der Waals surface area contributed by atoms with Gasteiger partial charge in [-0.05, 0) is 38.1 Å². The Morgan fingerprint density at radius 2 is 2.11 bits per heavy atom. The minimum Gasteiger partial charge on any atom is -0.480 e. The quantitative estimate of drug-likeness (QED) is 0.770. The fraction of sp³-hybridized carbons (Fsp3) is 0.933. The number of carboxylic acids is 1. The summed E-state index contributed by atoms with van der Waals surface area (Å²) >= 11 is 0. The Balaban J connectivity index is 2.14. The number of carbonyl (C=O) groups is 1. The summed E-state index contributed by atoms with van der Waals surface area (Å²) in [5.74, 6) is 0.137. The van der Waals surface area contributed by atoms with Gasteiger partial charge in [-0.2, -0.15) is 0 Å². The molecule has 0 aromatic carbocycles. The summed E-state index contributed by atoms with van der Waals surface area (Å²) < 4.78 is 0. The van der Waals surface area contributed by atoms with Crippen LogP contribution in [0, 0.1) is 5.92 Å². The van der Waals surface area contributed by atoms with Crippen LogP contribution in [-0.2, 0) is 4.79 Å². The Bertz CT molecular complexity index is 301. The summed E-state index contributed by atoms with van der Waals surface area (Å²) in [6.07, 6.45) is 7.27. The van der Waals surface area contributed by atoms with Crippen LogP contribution < -0.4 is 5.32 Å². The SMILES string of the molecule is CCC1CCCC(C(=O)O)(N2CCCNCC2)CC1. The normalized spacial score (nSPS) is 34.5. The third-order valence-corrected chi connectivity index (χ3v) is 5.09. The smallest absolute Gasteiger partial charge is 0.324 e. The zero-order chi connectivity index (χ0) is 13.7. The molecular weight excluding hydrogens is 240 g/mol. The van der Waals surface area contributed by atoms with Gasteiger partial charge in [0.05, 0.1) is 0 Å². The average molecular weight is 268 g/mol. The molecule has 110 valence electrons. The number of hydrogen-bond acceptors (Lipinski definition) is 3. The van der Waals surface area contributed by atoms with Crippen molar-refractivity contribution in [3.63, 3.8) is 0 Å². The largest absolute Gasteiger partial charge is 0.480 e. The monoisotopic (exact) mass is 268 g/mol. The maximum absolute atomic E-state index is 12.0. The van der Waals surface area contributed by atoms with E-state index in [0.29, 0.717) is 0 Å². The van der Waals surface area contributed by atoms with Crippen molar-refractivity contribution in [1.29, 1.82) is 0 Å². The third-order valence-electron chi connectivity index (χ3n) is 5.09. The highest BCUT2D eigenvalue weighted by molar-refractivity contribution is 5.78. The Morgan fingerprint density at radius 3 is 2.84 bits per heavy atom. The molecule has 1 aliphatic carbocycles. The van der Waals surface area contributed by atoms with E-state index in [-0.39, 0.29) is 0 Å². The Hall–Kier alpha value is -0.610. The molecule has 2 N–H and O–H groups in total. The lowest BCUT2D eigenvalue weighted by Crippen LogP contribution is -2.55. The first kappa shape index (κ1) is 14.8. The summed E-state index contributed by atoms with van der Waals surface area (Å²) in [7, 11) is 0. The van der Waals surface area contributed by atoms with Crippen molar-refractivity contribution in [2.24, 2.45) is 5.92 Å². The van der Waals surface area contributed by atoms with Gasteiger partial charge in [0, 0.05) is 19.6 Å². The van der Waals surface area contributed by atoms with Crippen molar-refractivity contribution in [3.05, 3.63) is 0 Å². The molecule has 2 unspecified atom stereocenters. The van der Waals surface area contributed by atoms with Crippen LogP contribution in [0.5, 0.6) is 0 Å². The molecule has 2 fully saturated rings. The van der Waals surface area contributed by atoms with Gasteiger partial charge < -0.3 is 10.4 Å². The standard InChI is InChI=1S/C15H28N2O2/c1-2-13-5-3-7-15(8-6-13,14(18)19)17-11-4-9-16-10-12-17/h13,16H,2-12H2,1H3,(H,18,19). The van der Waals surface area contributed by atoms with E-state index in [2.05, 4.69) is 17.1 Å². The Morgan fingerprint density at radius 1 is 1.26 bits per heavy atom. The summed E-state index contributed by atoms with van der Waals surface area (Å²) in [4.78, 5) is 14.2. The molecule has 2 rings (SSSR count). The first-order valence-corrected chi connectivity index (χ1v) is 7.88. The summed E-state index contributed by atoms with van der Waals surface area (Å²) in [6, 6.07) is 0. The number of nitrogens with one attached hydrogen (secondary N) is 1. The van der Waals surface area contributed by atoms with E-state index in [1.54, 1.807) is 0 Å². The van der Waals surface area contributed by atoms with Crippen LogP contribution in [0.3, 0.4) is 0 Å². The van der Waals surface area contributed by atoms with Crippen molar-refractivity contribution in [3.8, 4) is 0 Å². The molecule has 2 atom stereocenters. The topological polar surface area (TPSA) is 52.6 Å². The van der Waals surface area contributed by atoms with Crippen molar-refractivity contribution in [2.45, 2.75) is 57.4 Å². The van der Waals surface area contributed by atoms with Crippen molar-refractivity contribution < 1.29 is 9.90 Å². The maximum Gasteiger partial charge on any atom is 0.324 e. The van der Waals surface area contributed by atoms with E-state index < -0.39 is 11.5 Å². The molecule has 4 nitrogen and oxygen atoms in total. The van der Waals surface area contributed by atoms with E-state index in [1.807, 2.05) is 0 Å². The molecule has 19 heavy (non-hydrogen) atoms. The highest BCUT2D eigenvalue weighted by Crippen LogP contribution is 2.36. The second kappa shape index (κ2) is 6.71.